The monoisotopic (exact) mass is 297 g/mol. The highest BCUT2D eigenvalue weighted by atomic mass is 35.5. The maximum Gasteiger partial charge on any atom is 0.129 e. The first-order valence-electron chi connectivity index (χ1n) is 6.15. The molecule has 2 aromatic rings. The number of rotatable bonds is 5. The highest BCUT2D eigenvalue weighted by molar-refractivity contribution is 6.30. The van der Waals surface area contributed by atoms with Crippen LogP contribution in [-0.4, -0.2) is 11.7 Å². The van der Waals surface area contributed by atoms with Gasteiger partial charge in [0.1, 0.15) is 11.6 Å². The van der Waals surface area contributed by atoms with Gasteiger partial charge in [0.05, 0.1) is 6.10 Å². The van der Waals surface area contributed by atoms with E-state index in [1.54, 1.807) is 12.1 Å². The zero-order chi connectivity index (χ0) is 14.5. The van der Waals surface area contributed by atoms with Gasteiger partial charge in [0, 0.05) is 29.2 Å². The minimum absolute atomic E-state index is 0.118. The van der Waals surface area contributed by atoms with Crippen LogP contribution in [0.1, 0.15) is 17.2 Å². The molecule has 0 aromatic heterocycles. The molecule has 0 fully saturated rings. The first-order valence-corrected chi connectivity index (χ1v) is 6.53. The van der Waals surface area contributed by atoms with Gasteiger partial charge in [0.2, 0.25) is 0 Å². The lowest BCUT2D eigenvalue weighted by Crippen LogP contribution is -2.22. The van der Waals surface area contributed by atoms with Crippen LogP contribution in [0.3, 0.4) is 0 Å². The normalized spacial score (nSPS) is 12.4. The molecule has 20 heavy (non-hydrogen) atoms. The van der Waals surface area contributed by atoms with Gasteiger partial charge in [-0.05, 0) is 24.3 Å². The number of nitrogens with one attached hydrogen (secondary N) is 1. The average Bonchev–Trinajstić information content (AvgIpc) is 2.43. The van der Waals surface area contributed by atoms with E-state index in [9.17, 15) is 13.9 Å². The van der Waals surface area contributed by atoms with Crippen molar-refractivity contribution in [2.45, 2.75) is 12.6 Å². The first kappa shape index (κ1) is 14.9. The lowest BCUT2D eigenvalue weighted by Gasteiger charge is -2.13. The summed E-state index contributed by atoms with van der Waals surface area (Å²) < 4.78 is 26.9. The quantitative estimate of drug-likeness (QED) is 0.886. The van der Waals surface area contributed by atoms with Crippen molar-refractivity contribution < 1.29 is 13.9 Å². The molecule has 2 N–H and O–H groups in total. The molecule has 2 rings (SSSR count). The number of aliphatic hydroxyl groups is 1. The average molecular weight is 298 g/mol. The Balaban J connectivity index is 1.93. The second kappa shape index (κ2) is 6.79. The zero-order valence-electron chi connectivity index (χ0n) is 10.6. The fraction of sp³-hybridized carbons (Fsp3) is 0.200. The van der Waals surface area contributed by atoms with Gasteiger partial charge in [-0.2, -0.15) is 0 Å². The van der Waals surface area contributed by atoms with Gasteiger partial charge in [-0.1, -0.05) is 29.8 Å². The molecule has 1 atom stereocenters. The Morgan fingerprint density at radius 2 is 1.85 bits per heavy atom. The predicted octanol–water partition coefficient (Wildman–Crippen LogP) is 3.44. The molecule has 5 heteroatoms. The topological polar surface area (TPSA) is 32.3 Å². The standard InChI is InChI=1S/C15H14ClF2NO/c16-11-5-6-13(17)10(7-11)8-19-9-15(20)12-3-1-2-4-14(12)18/h1-7,15,19-20H,8-9H2. The van der Waals surface area contributed by atoms with Gasteiger partial charge in [0.15, 0.2) is 0 Å². The molecular weight excluding hydrogens is 284 g/mol. The minimum Gasteiger partial charge on any atom is -0.387 e. The third-order valence-corrected chi connectivity index (χ3v) is 3.16. The smallest absolute Gasteiger partial charge is 0.129 e. The van der Waals surface area contributed by atoms with E-state index in [2.05, 4.69) is 5.32 Å². The Kier molecular flexibility index (Phi) is 5.06. The summed E-state index contributed by atoms with van der Waals surface area (Å²) in [4.78, 5) is 0. The molecule has 0 heterocycles. The minimum atomic E-state index is -0.988. The second-order valence-electron chi connectivity index (χ2n) is 4.40. The molecule has 0 radical (unpaired) electrons. The van der Waals surface area contributed by atoms with E-state index in [0.29, 0.717) is 10.6 Å². The van der Waals surface area contributed by atoms with Crippen LogP contribution < -0.4 is 5.32 Å². The third-order valence-electron chi connectivity index (χ3n) is 2.93. The van der Waals surface area contributed by atoms with Crippen molar-refractivity contribution in [3.63, 3.8) is 0 Å². The SMILES string of the molecule is OC(CNCc1cc(Cl)ccc1F)c1ccccc1F. The van der Waals surface area contributed by atoms with E-state index in [1.165, 1.54) is 30.3 Å². The fourth-order valence-electron chi connectivity index (χ4n) is 1.88. The molecular formula is C15H14ClF2NO. The summed E-state index contributed by atoms with van der Waals surface area (Å²) in [5.41, 5.74) is 0.616. The molecule has 0 aliphatic carbocycles. The molecule has 106 valence electrons. The molecule has 0 spiro atoms. The van der Waals surface area contributed by atoms with Gasteiger partial charge in [0.25, 0.3) is 0 Å². The summed E-state index contributed by atoms with van der Waals surface area (Å²) in [6, 6.07) is 10.3. The number of aliphatic hydroxyl groups excluding tert-OH is 1. The Labute approximate surface area is 121 Å². The number of hydrogen-bond acceptors (Lipinski definition) is 2. The highest BCUT2D eigenvalue weighted by Crippen LogP contribution is 2.17. The summed E-state index contributed by atoms with van der Waals surface area (Å²) in [5, 5.41) is 13.2. The predicted molar refractivity (Wildman–Crippen MR) is 74.5 cm³/mol. The third kappa shape index (κ3) is 3.76. The summed E-state index contributed by atoms with van der Waals surface area (Å²) in [7, 11) is 0. The summed E-state index contributed by atoms with van der Waals surface area (Å²) in [6.45, 7) is 0.324. The summed E-state index contributed by atoms with van der Waals surface area (Å²) in [6.07, 6.45) is -0.988. The molecule has 1 unspecified atom stereocenters. The van der Waals surface area contributed by atoms with Crippen LogP contribution in [0.2, 0.25) is 5.02 Å². The number of halogens is 3. The highest BCUT2D eigenvalue weighted by Gasteiger charge is 2.12. The van der Waals surface area contributed by atoms with E-state index in [0.717, 1.165) is 0 Å². The Bertz CT molecular complexity index is 592. The van der Waals surface area contributed by atoms with E-state index in [4.69, 9.17) is 11.6 Å². The van der Waals surface area contributed by atoms with Crippen molar-refractivity contribution in [1.29, 1.82) is 0 Å². The molecule has 0 saturated carbocycles. The van der Waals surface area contributed by atoms with Crippen LogP contribution in [-0.2, 0) is 6.54 Å². The molecule has 2 nitrogen and oxygen atoms in total. The molecule has 0 aliphatic rings. The molecule has 0 amide bonds. The lowest BCUT2D eigenvalue weighted by atomic mass is 10.1. The van der Waals surface area contributed by atoms with Crippen molar-refractivity contribution in [3.8, 4) is 0 Å². The molecule has 2 aromatic carbocycles. The van der Waals surface area contributed by atoms with E-state index in [-0.39, 0.29) is 24.5 Å². The first-order chi connectivity index (χ1) is 9.58. The van der Waals surface area contributed by atoms with Crippen molar-refractivity contribution in [2.24, 2.45) is 0 Å². The van der Waals surface area contributed by atoms with Crippen LogP contribution in [0.5, 0.6) is 0 Å². The maximum atomic E-state index is 13.5. The van der Waals surface area contributed by atoms with E-state index < -0.39 is 11.9 Å². The van der Waals surface area contributed by atoms with Crippen molar-refractivity contribution in [2.75, 3.05) is 6.54 Å². The van der Waals surface area contributed by atoms with Crippen LogP contribution in [0.4, 0.5) is 8.78 Å². The Morgan fingerprint density at radius 1 is 1.10 bits per heavy atom. The van der Waals surface area contributed by atoms with Crippen molar-refractivity contribution in [3.05, 3.63) is 70.2 Å². The van der Waals surface area contributed by atoms with Gasteiger partial charge in [-0.3, -0.25) is 0 Å². The Hall–Kier alpha value is -1.49. The molecule has 0 bridgehead atoms. The van der Waals surface area contributed by atoms with Gasteiger partial charge in [-0.25, -0.2) is 8.78 Å². The number of benzene rings is 2. The maximum absolute atomic E-state index is 13.5. The lowest BCUT2D eigenvalue weighted by molar-refractivity contribution is 0.169. The molecule has 0 saturated heterocycles. The van der Waals surface area contributed by atoms with Crippen molar-refractivity contribution >= 4 is 11.6 Å². The summed E-state index contributed by atoms with van der Waals surface area (Å²) >= 11 is 5.78. The zero-order valence-corrected chi connectivity index (χ0v) is 11.4. The van der Waals surface area contributed by atoms with Gasteiger partial charge in [-0.15, -0.1) is 0 Å². The van der Waals surface area contributed by atoms with Crippen LogP contribution in [0, 0.1) is 11.6 Å². The van der Waals surface area contributed by atoms with Crippen LogP contribution in [0.25, 0.3) is 0 Å². The van der Waals surface area contributed by atoms with Gasteiger partial charge < -0.3 is 10.4 Å². The molecule has 0 aliphatic heterocycles. The van der Waals surface area contributed by atoms with Gasteiger partial charge >= 0.3 is 0 Å². The van der Waals surface area contributed by atoms with Crippen LogP contribution in [0.15, 0.2) is 42.5 Å². The Morgan fingerprint density at radius 3 is 2.60 bits per heavy atom. The van der Waals surface area contributed by atoms with Crippen molar-refractivity contribution in [1.82, 2.24) is 5.32 Å². The van der Waals surface area contributed by atoms with E-state index >= 15 is 0 Å². The van der Waals surface area contributed by atoms with Crippen LogP contribution >= 0.6 is 11.6 Å². The summed E-state index contributed by atoms with van der Waals surface area (Å²) in [5.74, 6) is -0.835. The fourth-order valence-corrected chi connectivity index (χ4v) is 2.07. The van der Waals surface area contributed by atoms with E-state index in [1.807, 2.05) is 0 Å². The second-order valence-corrected chi connectivity index (χ2v) is 4.84. The number of hydrogen-bond donors (Lipinski definition) is 2. The largest absolute Gasteiger partial charge is 0.387 e.